The van der Waals surface area contributed by atoms with Crippen molar-refractivity contribution in [3.63, 3.8) is 0 Å². The molecule has 2 saturated carbocycles. The zero-order valence-corrected chi connectivity index (χ0v) is 19.4. The van der Waals surface area contributed by atoms with Crippen LogP contribution in [0.15, 0.2) is 0 Å². The Morgan fingerprint density at radius 2 is 1.59 bits per heavy atom. The van der Waals surface area contributed by atoms with E-state index >= 15 is 0 Å². The maximum absolute atomic E-state index is 13.1. The fourth-order valence-corrected chi connectivity index (χ4v) is 6.07. The van der Waals surface area contributed by atoms with Gasteiger partial charge in [-0.3, -0.25) is 4.79 Å². The maximum Gasteiger partial charge on any atom is 0.225 e. The molecule has 0 radical (unpaired) electrons. The molecule has 0 bridgehead atoms. The van der Waals surface area contributed by atoms with Crippen molar-refractivity contribution in [3.05, 3.63) is 0 Å². The molecule has 0 aromatic carbocycles. The molecule has 4 heteroatoms. The molecule has 166 valence electrons. The molecular weight excluding hydrogens is 360 g/mol. The highest BCUT2D eigenvalue weighted by Gasteiger charge is 2.48. The molecule has 4 nitrogen and oxygen atoms in total. The summed E-state index contributed by atoms with van der Waals surface area (Å²) in [5.41, 5.74) is 1.00. The summed E-state index contributed by atoms with van der Waals surface area (Å²) in [6.07, 6.45) is 10.4. The van der Waals surface area contributed by atoms with Gasteiger partial charge in [-0.05, 0) is 95.6 Å². The molecule has 0 aromatic rings. The first-order valence-electron chi connectivity index (χ1n) is 12.4. The molecule has 2 aliphatic heterocycles. The second-order valence-corrected chi connectivity index (χ2v) is 11.6. The van der Waals surface area contributed by atoms with Crippen LogP contribution in [0.4, 0.5) is 0 Å². The van der Waals surface area contributed by atoms with Gasteiger partial charge in [0.25, 0.3) is 0 Å². The van der Waals surface area contributed by atoms with Crippen molar-refractivity contribution >= 4 is 5.91 Å². The normalized spacial score (nSPS) is 27.6. The second-order valence-electron chi connectivity index (χ2n) is 11.6. The number of likely N-dealkylation sites (tertiary alicyclic amines) is 2. The maximum atomic E-state index is 13.1. The third-order valence-corrected chi connectivity index (χ3v) is 8.64. The molecule has 2 heterocycles. The number of ether oxygens (including phenoxy) is 1. The molecular formula is C25H44N2O2. The number of nitrogens with zero attached hydrogens (tertiary/aromatic N) is 2. The van der Waals surface area contributed by atoms with Crippen LogP contribution in [0.3, 0.4) is 0 Å². The average Bonchev–Trinajstić information content (AvgIpc) is 3.44. The Bertz CT molecular complexity index is 559. The summed E-state index contributed by atoms with van der Waals surface area (Å²) in [4.78, 5) is 17.9. The summed E-state index contributed by atoms with van der Waals surface area (Å²) in [6, 6.07) is 0. The number of rotatable bonds is 7. The summed E-state index contributed by atoms with van der Waals surface area (Å²) >= 11 is 0. The quantitative estimate of drug-likeness (QED) is 0.623. The fourth-order valence-electron chi connectivity index (χ4n) is 6.07. The van der Waals surface area contributed by atoms with Gasteiger partial charge in [0, 0.05) is 31.0 Å². The number of piperidine rings is 2. The lowest BCUT2D eigenvalue weighted by atomic mass is 9.55. The van der Waals surface area contributed by atoms with Gasteiger partial charge in [-0.15, -0.1) is 0 Å². The van der Waals surface area contributed by atoms with Crippen molar-refractivity contribution in [1.82, 2.24) is 9.80 Å². The largest absolute Gasteiger partial charge is 0.378 e. The van der Waals surface area contributed by atoms with Gasteiger partial charge in [-0.1, -0.05) is 13.8 Å². The Morgan fingerprint density at radius 1 is 0.966 bits per heavy atom. The van der Waals surface area contributed by atoms with Gasteiger partial charge >= 0.3 is 0 Å². The van der Waals surface area contributed by atoms with E-state index in [0.29, 0.717) is 22.8 Å². The van der Waals surface area contributed by atoms with Crippen molar-refractivity contribution in [1.29, 1.82) is 0 Å². The molecule has 0 N–H and O–H groups in total. The Kier molecular flexibility index (Phi) is 6.33. The minimum Gasteiger partial charge on any atom is -0.378 e. The molecule has 0 unspecified atom stereocenters. The zero-order chi connectivity index (χ0) is 20.6. The van der Waals surface area contributed by atoms with Crippen LogP contribution in [-0.4, -0.2) is 61.1 Å². The highest BCUT2D eigenvalue weighted by Crippen LogP contribution is 2.55. The standard InChI is InChI=1S/C25H44N2O2/c1-19(2)22-15-24(16-22)9-13-27(14-10-24)23(28)21-5-11-26(12-6-21)17-25(7-8-25)18-29-20(3)4/h19-22H,5-18H2,1-4H3. The van der Waals surface area contributed by atoms with Gasteiger partial charge in [0.15, 0.2) is 0 Å². The predicted octanol–water partition coefficient (Wildman–Crippen LogP) is 4.58. The highest BCUT2D eigenvalue weighted by atomic mass is 16.5. The Hall–Kier alpha value is -0.610. The van der Waals surface area contributed by atoms with E-state index in [2.05, 4.69) is 37.5 Å². The van der Waals surface area contributed by atoms with Gasteiger partial charge in [-0.25, -0.2) is 0 Å². The van der Waals surface area contributed by atoms with Crippen LogP contribution in [0.1, 0.15) is 79.1 Å². The number of hydrogen-bond acceptors (Lipinski definition) is 3. The number of amides is 1. The summed E-state index contributed by atoms with van der Waals surface area (Å²) in [6.45, 7) is 15.3. The predicted molar refractivity (Wildman–Crippen MR) is 118 cm³/mol. The van der Waals surface area contributed by atoms with E-state index in [1.54, 1.807) is 0 Å². The Balaban J connectivity index is 1.17. The first kappa shape index (κ1) is 21.6. The zero-order valence-electron chi connectivity index (χ0n) is 19.4. The van der Waals surface area contributed by atoms with E-state index in [1.807, 2.05) is 0 Å². The molecule has 0 aromatic heterocycles. The van der Waals surface area contributed by atoms with Crippen molar-refractivity contribution in [2.45, 2.75) is 85.2 Å². The molecule has 2 saturated heterocycles. The van der Waals surface area contributed by atoms with E-state index in [1.165, 1.54) is 45.1 Å². The Morgan fingerprint density at radius 3 is 2.10 bits per heavy atom. The molecule has 1 amide bonds. The van der Waals surface area contributed by atoms with Crippen LogP contribution < -0.4 is 0 Å². The van der Waals surface area contributed by atoms with E-state index in [0.717, 1.165) is 57.5 Å². The van der Waals surface area contributed by atoms with E-state index in [-0.39, 0.29) is 5.92 Å². The number of carbonyl (C=O) groups excluding carboxylic acids is 1. The van der Waals surface area contributed by atoms with E-state index < -0.39 is 0 Å². The summed E-state index contributed by atoms with van der Waals surface area (Å²) in [5, 5.41) is 0. The SMILES string of the molecule is CC(C)OCC1(CN2CCC(C(=O)N3CCC4(CC3)CC(C(C)C)C4)CC2)CC1. The summed E-state index contributed by atoms with van der Waals surface area (Å²) in [5.74, 6) is 2.50. The minimum absolute atomic E-state index is 0.271. The monoisotopic (exact) mass is 404 g/mol. The van der Waals surface area contributed by atoms with Crippen LogP contribution >= 0.6 is 0 Å². The van der Waals surface area contributed by atoms with Crippen molar-refractivity contribution in [2.24, 2.45) is 28.6 Å². The van der Waals surface area contributed by atoms with Gasteiger partial charge in [0.05, 0.1) is 12.7 Å². The summed E-state index contributed by atoms with van der Waals surface area (Å²) in [7, 11) is 0. The lowest BCUT2D eigenvalue weighted by Gasteiger charge is -2.54. The Labute approximate surface area is 178 Å². The van der Waals surface area contributed by atoms with Crippen LogP contribution in [0.2, 0.25) is 0 Å². The van der Waals surface area contributed by atoms with Gasteiger partial charge in [0.1, 0.15) is 0 Å². The molecule has 1 spiro atoms. The van der Waals surface area contributed by atoms with Crippen molar-refractivity contribution < 1.29 is 9.53 Å². The van der Waals surface area contributed by atoms with Crippen LogP contribution in [0.5, 0.6) is 0 Å². The third kappa shape index (κ3) is 5.01. The van der Waals surface area contributed by atoms with Gasteiger partial charge in [-0.2, -0.15) is 0 Å². The highest BCUT2D eigenvalue weighted by molar-refractivity contribution is 5.79. The molecule has 0 atom stereocenters. The molecule has 29 heavy (non-hydrogen) atoms. The molecule has 2 aliphatic carbocycles. The number of carbonyl (C=O) groups is 1. The van der Waals surface area contributed by atoms with Crippen LogP contribution in [0, 0.1) is 28.6 Å². The number of hydrogen-bond donors (Lipinski definition) is 0. The first-order valence-corrected chi connectivity index (χ1v) is 12.4. The van der Waals surface area contributed by atoms with E-state index in [9.17, 15) is 4.79 Å². The third-order valence-electron chi connectivity index (χ3n) is 8.64. The molecule has 4 rings (SSSR count). The first-order chi connectivity index (χ1) is 13.8. The van der Waals surface area contributed by atoms with Gasteiger partial charge < -0.3 is 14.5 Å². The second kappa shape index (κ2) is 8.49. The average molecular weight is 405 g/mol. The smallest absolute Gasteiger partial charge is 0.225 e. The fraction of sp³-hybridized carbons (Fsp3) is 0.960. The van der Waals surface area contributed by atoms with Crippen molar-refractivity contribution in [2.75, 3.05) is 39.3 Å². The van der Waals surface area contributed by atoms with Crippen molar-refractivity contribution in [3.8, 4) is 0 Å². The topological polar surface area (TPSA) is 32.8 Å². The molecule has 4 fully saturated rings. The molecule has 4 aliphatic rings. The van der Waals surface area contributed by atoms with Crippen LogP contribution in [-0.2, 0) is 9.53 Å². The van der Waals surface area contributed by atoms with Crippen LogP contribution in [0.25, 0.3) is 0 Å². The van der Waals surface area contributed by atoms with Gasteiger partial charge in [0.2, 0.25) is 5.91 Å². The lowest BCUT2D eigenvalue weighted by molar-refractivity contribution is -0.141. The lowest BCUT2D eigenvalue weighted by Crippen LogP contribution is -2.51. The summed E-state index contributed by atoms with van der Waals surface area (Å²) < 4.78 is 5.91. The minimum atomic E-state index is 0.271. The van der Waals surface area contributed by atoms with E-state index in [4.69, 9.17) is 4.74 Å².